The van der Waals surface area contributed by atoms with Crippen LogP contribution in [0.2, 0.25) is 0 Å². The van der Waals surface area contributed by atoms with Crippen LogP contribution in [-0.4, -0.2) is 52.0 Å². The molecule has 0 atom stereocenters. The summed E-state index contributed by atoms with van der Waals surface area (Å²) >= 11 is 1.75. The zero-order chi connectivity index (χ0) is 21.3. The number of urea groups is 1. The number of rotatable bonds is 2. The molecule has 0 bridgehead atoms. The van der Waals surface area contributed by atoms with E-state index in [1.165, 1.54) is 6.07 Å². The van der Waals surface area contributed by atoms with Gasteiger partial charge in [-0.15, -0.1) is 11.8 Å². The van der Waals surface area contributed by atoms with Crippen LogP contribution < -0.4 is 5.32 Å². The minimum atomic E-state index is -0.486. The van der Waals surface area contributed by atoms with Crippen LogP contribution >= 0.6 is 11.8 Å². The van der Waals surface area contributed by atoms with Crippen molar-refractivity contribution in [2.75, 3.05) is 30.7 Å². The minimum Gasteiger partial charge on any atom is -0.324 e. The molecule has 0 saturated carbocycles. The molecule has 2 aliphatic heterocycles. The Morgan fingerprint density at radius 1 is 1.00 bits per heavy atom. The average molecular weight is 428 g/mol. The molecule has 2 heterocycles. The van der Waals surface area contributed by atoms with E-state index in [4.69, 9.17) is 0 Å². The highest BCUT2D eigenvalue weighted by Gasteiger charge is 2.47. The van der Waals surface area contributed by atoms with Gasteiger partial charge < -0.3 is 15.1 Å². The lowest BCUT2D eigenvalue weighted by atomic mass is 10.0. The first-order chi connectivity index (χ1) is 14.4. The predicted molar refractivity (Wildman–Crippen MR) is 118 cm³/mol. The van der Waals surface area contributed by atoms with Gasteiger partial charge in [0.15, 0.2) is 0 Å². The lowest BCUT2D eigenvalue weighted by Crippen LogP contribution is -2.54. The Morgan fingerprint density at radius 2 is 1.67 bits per heavy atom. The van der Waals surface area contributed by atoms with E-state index in [1.54, 1.807) is 30.0 Å². The molecule has 158 valence electrons. The number of piperidine rings is 1. The second-order valence-corrected chi connectivity index (χ2v) is 9.37. The number of aryl methyl sites for hydroxylation is 2. The third-order valence-corrected chi connectivity index (χ3v) is 7.62. The Labute approximate surface area is 180 Å². The number of nitrogens with one attached hydrogen (secondary N) is 1. The van der Waals surface area contributed by atoms with E-state index in [0.29, 0.717) is 32.5 Å². The maximum absolute atomic E-state index is 14.2. The van der Waals surface area contributed by atoms with E-state index in [1.807, 2.05) is 41.8 Å². The summed E-state index contributed by atoms with van der Waals surface area (Å²) in [6.45, 7) is 5.69. The highest BCUT2D eigenvalue weighted by atomic mass is 32.2. The maximum atomic E-state index is 14.2. The molecule has 1 N–H and O–H groups in total. The molecule has 1 spiro atoms. The molecule has 2 fully saturated rings. The highest BCUT2D eigenvalue weighted by Crippen LogP contribution is 2.44. The van der Waals surface area contributed by atoms with Crippen LogP contribution in [0, 0.1) is 19.7 Å². The number of amides is 3. The summed E-state index contributed by atoms with van der Waals surface area (Å²) in [4.78, 5) is 29.1. The lowest BCUT2D eigenvalue weighted by molar-refractivity contribution is 0.0581. The Morgan fingerprint density at radius 3 is 2.33 bits per heavy atom. The second-order valence-electron chi connectivity index (χ2n) is 7.92. The summed E-state index contributed by atoms with van der Waals surface area (Å²) in [6.07, 6.45) is 1.36. The average Bonchev–Trinajstić information content (AvgIpc) is 3.14. The number of carbonyl (C=O) groups is 2. The van der Waals surface area contributed by atoms with Crippen molar-refractivity contribution in [3.05, 3.63) is 65.0 Å². The molecule has 0 radical (unpaired) electrons. The van der Waals surface area contributed by atoms with E-state index in [0.717, 1.165) is 22.6 Å². The van der Waals surface area contributed by atoms with Gasteiger partial charge in [-0.1, -0.05) is 30.3 Å². The van der Waals surface area contributed by atoms with Gasteiger partial charge in [0.1, 0.15) is 5.82 Å². The van der Waals surface area contributed by atoms with E-state index in [9.17, 15) is 14.0 Å². The third kappa shape index (κ3) is 3.78. The quantitative estimate of drug-likeness (QED) is 0.759. The standard InChI is InChI=1S/C23H26FN3O2S/c1-16-6-5-7-17(2)20(16)25-22(29)26-12-10-23(11-13-26)27(14-15-30-23)21(28)18-8-3-4-9-19(18)24/h3-9H,10-15H2,1-2H3,(H,25,29). The summed E-state index contributed by atoms with van der Waals surface area (Å²) in [7, 11) is 0. The Bertz CT molecular complexity index is 952. The minimum absolute atomic E-state index is 0.114. The van der Waals surface area contributed by atoms with Gasteiger partial charge in [0.05, 0.1) is 10.4 Å². The number of halogens is 1. The number of carbonyl (C=O) groups excluding carboxylic acids is 2. The van der Waals surface area contributed by atoms with Crippen molar-refractivity contribution in [2.24, 2.45) is 0 Å². The van der Waals surface area contributed by atoms with Crippen LogP contribution in [0.4, 0.5) is 14.9 Å². The molecule has 2 aliphatic rings. The molecule has 2 aromatic carbocycles. The molecule has 5 nitrogen and oxygen atoms in total. The van der Waals surface area contributed by atoms with E-state index in [2.05, 4.69) is 5.32 Å². The Hall–Kier alpha value is -2.54. The number of para-hydroxylation sites is 1. The van der Waals surface area contributed by atoms with Crippen LogP contribution in [0.3, 0.4) is 0 Å². The first-order valence-electron chi connectivity index (χ1n) is 10.2. The molecule has 3 amide bonds. The van der Waals surface area contributed by atoms with Gasteiger partial charge in [0.25, 0.3) is 5.91 Å². The SMILES string of the molecule is Cc1cccc(C)c1NC(=O)N1CCC2(CC1)SCCN2C(=O)c1ccccc1F. The van der Waals surface area contributed by atoms with E-state index in [-0.39, 0.29) is 22.4 Å². The normalized spacial score (nSPS) is 18.0. The summed E-state index contributed by atoms with van der Waals surface area (Å²) in [5.41, 5.74) is 3.04. The zero-order valence-electron chi connectivity index (χ0n) is 17.3. The van der Waals surface area contributed by atoms with Crippen LogP contribution in [0.5, 0.6) is 0 Å². The summed E-state index contributed by atoms with van der Waals surface area (Å²) in [6, 6.07) is 12.0. The maximum Gasteiger partial charge on any atom is 0.321 e. The van der Waals surface area contributed by atoms with Crippen LogP contribution in [0.15, 0.2) is 42.5 Å². The predicted octanol–water partition coefficient (Wildman–Crippen LogP) is 4.66. The van der Waals surface area contributed by atoms with Crippen LogP contribution in [-0.2, 0) is 0 Å². The summed E-state index contributed by atoms with van der Waals surface area (Å²) in [5, 5.41) is 3.04. The van der Waals surface area contributed by atoms with Crippen molar-refractivity contribution in [3.63, 3.8) is 0 Å². The molecule has 4 rings (SSSR count). The molecule has 0 unspecified atom stereocenters. The summed E-state index contributed by atoms with van der Waals surface area (Å²) < 4.78 is 14.2. The number of hydrogen-bond acceptors (Lipinski definition) is 3. The number of benzene rings is 2. The third-order valence-electron chi connectivity index (χ3n) is 6.07. The first kappa shape index (κ1) is 20.7. The lowest BCUT2D eigenvalue weighted by Gasteiger charge is -2.44. The topological polar surface area (TPSA) is 52.7 Å². The molecule has 0 aromatic heterocycles. The van der Waals surface area contributed by atoms with Gasteiger partial charge in [-0.3, -0.25) is 4.79 Å². The largest absolute Gasteiger partial charge is 0.324 e. The van der Waals surface area contributed by atoms with Gasteiger partial charge >= 0.3 is 6.03 Å². The number of thioether (sulfide) groups is 1. The second kappa shape index (κ2) is 8.30. The summed E-state index contributed by atoms with van der Waals surface area (Å²) in [5.74, 6) is 0.0842. The molecule has 7 heteroatoms. The van der Waals surface area contributed by atoms with Crippen molar-refractivity contribution in [2.45, 2.75) is 31.6 Å². The Kier molecular flexibility index (Phi) is 5.73. The fourth-order valence-corrected chi connectivity index (χ4v) is 5.80. The van der Waals surface area contributed by atoms with Gasteiger partial charge in [-0.05, 0) is 49.9 Å². The van der Waals surface area contributed by atoms with Crippen molar-refractivity contribution >= 4 is 29.4 Å². The fourth-order valence-electron chi connectivity index (χ4n) is 4.35. The van der Waals surface area contributed by atoms with Crippen molar-refractivity contribution in [1.29, 1.82) is 0 Å². The number of hydrogen-bond donors (Lipinski definition) is 1. The molecular formula is C23H26FN3O2S. The zero-order valence-corrected chi connectivity index (χ0v) is 18.1. The van der Waals surface area contributed by atoms with Crippen LogP contribution in [0.25, 0.3) is 0 Å². The van der Waals surface area contributed by atoms with Crippen molar-refractivity contribution in [3.8, 4) is 0 Å². The molecular weight excluding hydrogens is 401 g/mol. The smallest absolute Gasteiger partial charge is 0.321 e. The Balaban J connectivity index is 1.44. The van der Waals surface area contributed by atoms with E-state index >= 15 is 0 Å². The van der Waals surface area contributed by atoms with Gasteiger partial charge in [0, 0.05) is 31.1 Å². The van der Waals surface area contributed by atoms with Gasteiger partial charge in [-0.25, -0.2) is 9.18 Å². The fraction of sp³-hybridized carbons (Fsp3) is 0.391. The van der Waals surface area contributed by atoms with Crippen molar-refractivity contribution in [1.82, 2.24) is 9.80 Å². The molecule has 30 heavy (non-hydrogen) atoms. The van der Waals surface area contributed by atoms with Crippen LogP contribution in [0.1, 0.15) is 34.3 Å². The van der Waals surface area contributed by atoms with Gasteiger partial charge in [-0.2, -0.15) is 0 Å². The monoisotopic (exact) mass is 427 g/mol. The number of likely N-dealkylation sites (tertiary alicyclic amines) is 1. The van der Waals surface area contributed by atoms with Gasteiger partial charge in [0.2, 0.25) is 0 Å². The highest BCUT2D eigenvalue weighted by molar-refractivity contribution is 8.00. The van der Waals surface area contributed by atoms with Crippen molar-refractivity contribution < 1.29 is 14.0 Å². The molecule has 0 aliphatic carbocycles. The van der Waals surface area contributed by atoms with E-state index < -0.39 is 5.82 Å². The first-order valence-corrected chi connectivity index (χ1v) is 11.2. The molecule has 2 saturated heterocycles. The number of nitrogens with zero attached hydrogens (tertiary/aromatic N) is 2. The molecule has 2 aromatic rings. The number of anilines is 1.